The number of aromatic nitrogens is 1. The van der Waals surface area contributed by atoms with Crippen LogP contribution >= 0.6 is 0 Å². The van der Waals surface area contributed by atoms with Crippen LogP contribution in [0.25, 0.3) is 10.9 Å². The summed E-state index contributed by atoms with van der Waals surface area (Å²) in [4.78, 5) is 32.2. The molecule has 3 rings (SSSR count). The first kappa shape index (κ1) is 18.5. The lowest BCUT2D eigenvalue weighted by Gasteiger charge is -2.24. The standard InChI is InChI=1S/C21H29N3O2/c1-3-10-23(11-4-2)21(26)17-13-20(25)24(15-17)12-9-16-14-22-19-8-6-5-7-18(16)19/h5-8,14,17,22H,3-4,9-13,15H2,1-2H3. The molecule has 1 aliphatic heterocycles. The fraction of sp³-hybridized carbons (Fsp3) is 0.524. The summed E-state index contributed by atoms with van der Waals surface area (Å²) in [6.45, 7) is 6.97. The number of para-hydroxylation sites is 1. The van der Waals surface area contributed by atoms with Crippen molar-refractivity contribution in [2.75, 3.05) is 26.2 Å². The molecule has 26 heavy (non-hydrogen) atoms. The first-order valence-corrected chi connectivity index (χ1v) is 9.75. The van der Waals surface area contributed by atoms with E-state index in [1.54, 1.807) is 0 Å². The number of carbonyl (C=O) groups is 2. The number of hydrogen-bond donors (Lipinski definition) is 1. The van der Waals surface area contributed by atoms with E-state index in [0.29, 0.717) is 19.5 Å². The molecule has 5 heteroatoms. The summed E-state index contributed by atoms with van der Waals surface area (Å²) >= 11 is 0. The smallest absolute Gasteiger partial charge is 0.227 e. The van der Waals surface area contributed by atoms with Crippen molar-refractivity contribution in [3.8, 4) is 0 Å². The van der Waals surface area contributed by atoms with Crippen LogP contribution in [0, 0.1) is 5.92 Å². The molecule has 0 spiro atoms. The Hall–Kier alpha value is -2.30. The molecule has 1 atom stereocenters. The van der Waals surface area contributed by atoms with Gasteiger partial charge < -0.3 is 14.8 Å². The maximum absolute atomic E-state index is 12.8. The molecule has 0 saturated carbocycles. The van der Waals surface area contributed by atoms with Crippen LogP contribution in [0.1, 0.15) is 38.7 Å². The van der Waals surface area contributed by atoms with Gasteiger partial charge >= 0.3 is 0 Å². The third-order valence-corrected chi connectivity index (χ3v) is 5.19. The van der Waals surface area contributed by atoms with E-state index >= 15 is 0 Å². The molecule has 2 amide bonds. The van der Waals surface area contributed by atoms with Gasteiger partial charge in [-0.3, -0.25) is 9.59 Å². The molecule has 2 aromatic rings. The third kappa shape index (κ3) is 3.92. The van der Waals surface area contributed by atoms with Crippen LogP contribution in [-0.2, 0) is 16.0 Å². The number of nitrogens with one attached hydrogen (secondary N) is 1. The molecule has 1 saturated heterocycles. The highest BCUT2D eigenvalue weighted by Gasteiger charge is 2.35. The van der Waals surface area contributed by atoms with E-state index in [4.69, 9.17) is 0 Å². The van der Waals surface area contributed by atoms with Crippen molar-refractivity contribution in [1.82, 2.24) is 14.8 Å². The predicted octanol–water partition coefficient (Wildman–Crippen LogP) is 3.21. The molecular weight excluding hydrogens is 326 g/mol. The lowest BCUT2D eigenvalue weighted by Crippen LogP contribution is -2.38. The van der Waals surface area contributed by atoms with Gasteiger partial charge in [-0.15, -0.1) is 0 Å². The van der Waals surface area contributed by atoms with Crippen molar-refractivity contribution in [3.05, 3.63) is 36.0 Å². The molecule has 0 radical (unpaired) electrons. The third-order valence-electron chi connectivity index (χ3n) is 5.19. The first-order valence-electron chi connectivity index (χ1n) is 9.75. The summed E-state index contributed by atoms with van der Waals surface area (Å²) < 4.78 is 0. The van der Waals surface area contributed by atoms with Gasteiger partial charge in [0.15, 0.2) is 0 Å². The monoisotopic (exact) mass is 355 g/mol. The molecule has 2 heterocycles. The van der Waals surface area contributed by atoms with Crippen molar-refractivity contribution >= 4 is 22.7 Å². The van der Waals surface area contributed by atoms with Crippen LogP contribution in [0.4, 0.5) is 0 Å². The Balaban J connectivity index is 1.60. The summed E-state index contributed by atoms with van der Waals surface area (Å²) in [7, 11) is 0. The lowest BCUT2D eigenvalue weighted by molar-refractivity contribution is -0.136. The minimum atomic E-state index is -0.177. The van der Waals surface area contributed by atoms with Crippen LogP contribution in [0.5, 0.6) is 0 Å². The van der Waals surface area contributed by atoms with Gasteiger partial charge in [-0.05, 0) is 30.9 Å². The Labute approximate surface area is 155 Å². The van der Waals surface area contributed by atoms with E-state index in [1.165, 1.54) is 10.9 Å². The van der Waals surface area contributed by atoms with Gasteiger partial charge in [0.05, 0.1) is 5.92 Å². The Morgan fingerprint density at radius 3 is 2.69 bits per heavy atom. The van der Waals surface area contributed by atoms with E-state index in [-0.39, 0.29) is 17.7 Å². The molecule has 140 valence electrons. The van der Waals surface area contributed by atoms with Crippen molar-refractivity contribution in [2.24, 2.45) is 5.92 Å². The number of aromatic amines is 1. The fourth-order valence-electron chi connectivity index (χ4n) is 3.88. The number of hydrogen-bond acceptors (Lipinski definition) is 2. The zero-order chi connectivity index (χ0) is 18.5. The van der Waals surface area contributed by atoms with E-state index in [9.17, 15) is 9.59 Å². The lowest BCUT2D eigenvalue weighted by atomic mass is 10.1. The predicted molar refractivity (Wildman–Crippen MR) is 104 cm³/mol. The molecule has 1 fully saturated rings. The zero-order valence-corrected chi connectivity index (χ0v) is 15.8. The highest BCUT2D eigenvalue weighted by Crippen LogP contribution is 2.23. The number of nitrogens with zero attached hydrogens (tertiary/aromatic N) is 2. The second kappa shape index (κ2) is 8.39. The highest BCUT2D eigenvalue weighted by atomic mass is 16.2. The Morgan fingerprint density at radius 1 is 1.23 bits per heavy atom. The van der Waals surface area contributed by atoms with E-state index in [0.717, 1.165) is 37.9 Å². The van der Waals surface area contributed by atoms with Crippen molar-refractivity contribution in [1.29, 1.82) is 0 Å². The number of fused-ring (bicyclic) bond motifs is 1. The number of H-pyrrole nitrogens is 1. The van der Waals surface area contributed by atoms with Gasteiger partial charge in [-0.25, -0.2) is 0 Å². The SMILES string of the molecule is CCCN(CCC)C(=O)C1CC(=O)N(CCc2c[nH]c3ccccc23)C1. The van der Waals surface area contributed by atoms with Gasteiger partial charge in [0.2, 0.25) is 11.8 Å². The first-order chi connectivity index (χ1) is 12.6. The van der Waals surface area contributed by atoms with Gasteiger partial charge in [0.1, 0.15) is 0 Å². The Morgan fingerprint density at radius 2 is 1.96 bits per heavy atom. The summed E-state index contributed by atoms with van der Waals surface area (Å²) in [6.07, 6.45) is 5.10. The summed E-state index contributed by atoms with van der Waals surface area (Å²) in [5, 5.41) is 1.21. The van der Waals surface area contributed by atoms with E-state index in [1.807, 2.05) is 28.1 Å². The molecular formula is C21H29N3O2. The normalized spacial score (nSPS) is 17.2. The average Bonchev–Trinajstić information content (AvgIpc) is 3.22. The minimum Gasteiger partial charge on any atom is -0.361 e. The summed E-state index contributed by atoms with van der Waals surface area (Å²) in [6, 6.07) is 8.21. The number of likely N-dealkylation sites (tertiary alicyclic amines) is 1. The second-order valence-electron chi connectivity index (χ2n) is 7.18. The number of carbonyl (C=O) groups excluding carboxylic acids is 2. The largest absolute Gasteiger partial charge is 0.361 e. The Bertz CT molecular complexity index is 761. The molecule has 1 aliphatic rings. The van der Waals surface area contributed by atoms with Crippen LogP contribution in [-0.4, -0.2) is 52.8 Å². The molecule has 1 aromatic carbocycles. The second-order valence-corrected chi connectivity index (χ2v) is 7.18. The van der Waals surface area contributed by atoms with Crippen LogP contribution in [0.3, 0.4) is 0 Å². The molecule has 1 unspecified atom stereocenters. The Kier molecular flexibility index (Phi) is 5.96. The molecule has 0 bridgehead atoms. The van der Waals surface area contributed by atoms with Gasteiger partial charge in [-0.1, -0.05) is 32.0 Å². The minimum absolute atomic E-state index is 0.108. The maximum Gasteiger partial charge on any atom is 0.227 e. The molecule has 1 N–H and O–H groups in total. The van der Waals surface area contributed by atoms with Crippen LogP contribution in [0.2, 0.25) is 0 Å². The quantitative estimate of drug-likeness (QED) is 0.790. The zero-order valence-electron chi connectivity index (χ0n) is 15.8. The highest BCUT2D eigenvalue weighted by molar-refractivity contribution is 5.89. The maximum atomic E-state index is 12.8. The number of benzene rings is 1. The summed E-state index contributed by atoms with van der Waals surface area (Å²) in [5.41, 5.74) is 2.35. The number of amides is 2. The summed E-state index contributed by atoms with van der Waals surface area (Å²) in [5.74, 6) is 0.0800. The fourth-order valence-corrected chi connectivity index (χ4v) is 3.88. The van der Waals surface area contributed by atoms with Gasteiger partial charge in [0.25, 0.3) is 0 Å². The van der Waals surface area contributed by atoms with Gasteiger partial charge in [0, 0.05) is 49.7 Å². The molecule has 0 aliphatic carbocycles. The van der Waals surface area contributed by atoms with Crippen LogP contribution < -0.4 is 0 Å². The van der Waals surface area contributed by atoms with Crippen LogP contribution in [0.15, 0.2) is 30.5 Å². The topological polar surface area (TPSA) is 56.4 Å². The van der Waals surface area contributed by atoms with Gasteiger partial charge in [-0.2, -0.15) is 0 Å². The number of rotatable bonds is 8. The van der Waals surface area contributed by atoms with E-state index in [2.05, 4.69) is 31.0 Å². The average molecular weight is 355 g/mol. The van der Waals surface area contributed by atoms with E-state index < -0.39 is 0 Å². The van der Waals surface area contributed by atoms with Crippen molar-refractivity contribution < 1.29 is 9.59 Å². The molecule has 5 nitrogen and oxygen atoms in total. The van der Waals surface area contributed by atoms with Crippen molar-refractivity contribution in [2.45, 2.75) is 39.5 Å². The van der Waals surface area contributed by atoms with Crippen molar-refractivity contribution in [3.63, 3.8) is 0 Å². The molecule has 1 aromatic heterocycles.